The van der Waals surface area contributed by atoms with Gasteiger partial charge in [0.2, 0.25) is 0 Å². The normalized spacial score (nSPS) is 17.9. The Labute approximate surface area is 120 Å². The maximum Gasteiger partial charge on any atom is 0.416 e. The lowest BCUT2D eigenvalue weighted by Crippen LogP contribution is -2.13. The molecule has 1 nitrogen and oxygen atoms in total. The van der Waals surface area contributed by atoms with Gasteiger partial charge < -0.3 is 0 Å². The van der Waals surface area contributed by atoms with Crippen molar-refractivity contribution in [1.29, 1.82) is 0 Å². The molecule has 1 atom stereocenters. The van der Waals surface area contributed by atoms with Gasteiger partial charge in [-0.15, -0.1) is 0 Å². The van der Waals surface area contributed by atoms with Crippen molar-refractivity contribution in [3.05, 3.63) is 70.8 Å². The van der Waals surface area contributed by atoms with Crippen LogP contribution in [-0.2, 0) is 19.0 Å². The van der Waals surface area contributed by atoms with E-state index in [1.54, 1.807) is 12.1 Å². The van der Waals surface area contributed by atoms with Crippen LogP contribution in [0.25, 0.3) is 0 Å². The van der Waals surface area contributed by atoms with E-state index < -0.39 is 11.7 Å². The summed E-state index contributed by atoms with van der Waals surface area (Å²) < 4.78 is 38.1. The van der Waals surface area contributed by atoms with Crippen molar-refractivity contribution in [3.63, 3.8) is 0 Å². The summed E-state index contributed by atoms with van der Waals surface area (Å²) in [6.07, 6.45) is -3.40. The summed E-state index contributed by atoms with van der Waals surface area (Å²) in [5.74, 6) is -0.228. The Morgan fingerprint density at radius 1 is 1.05 bits per heavy atom. The van der Waals surface area contributed by atoms with E-state index in [0.717, 1.165) is 17.7 Å². The fourth-order valence-corrected chi connectivity index (χ4v) is 2.84. The van der Waals surface area contributed by atoms with Gasteiger partial charge in [0, 0.05) is 11.5 Å². The first-order valence-corrected chi connectivity index (χ1v) is 6.73. The van der Waals surface area contributed by atoms with Crippen molar-refractivity contribution in [1.82, 2.24) is 0 Å². The highest BCUT2D eigenvalue weighted by molar-refractivity contribution is 6.02. The molecule has 0 spiro atoms. The zero-order valence-electron chi connectivity index (χ0n) is 11.2. The summed E-state index contributed by atoms with van der Waals surface area (Å²) in [4.78, 5) is 12.3. The zero-order valence-corrected chi connectivity index (χ0v) is 11.2. The number of fused-ring (bicyclic) bond motifs is 1. The molecular formula is C17H13F3O. The van der Waals surface area contributed by atoms with Crippen LogP contribution in [0, 0.1) is 5.92 Å². The zero-order chi connectivity index (χ0) is 15.0. The first-order chi connectivity index (χ1) is 9.95. The monoisotopic (exact) mass is 290 g/mol. The van der Waals surface area contributed by atoms with E-state index in [0.29, 0.717) is 24.0 Å². The average Bonchev–Trinajstić information content (AvgIpc) is 2.75. The summed E-state index contributed by atoms with van der Waals surface area (Å²) in [7, 11) is 0. The summed E-state index contributed by atoms with van der Waals surface area (Å²) >= 11 is 0. The van der Waals surface area contributed by atoms with Gasteiger partial charge in [-0.05, 0) is 30.0 Å². The molecule has 0 aromatic heterocycles. The fraction of sp³-hybridized carbons (Fsp3) is 0.235. The minimum atomic E-state index is -4.35. The second-order valence-corrected chi connectivity index (χ2v) is 5.32. The number of ketones is 1. The Hall–Kier alpha value is -2.10. The van der Waals surface area contributed by atoms with Crippen LogP contribution in [0.15, 0.2) is 48.5 Å². The van der Waals surface area contributed by atoms with E-state index >= 15 is 0 Å². The first-order valence-electron chi connectivity index (χ1n) is 6.73. The number of carbonyl (C=O) groups excluding carboxylic acids is 1. The number of carbonyl (C=O) groups is 1. The smallest absolute Gasteiger partial charge is 0.294 e. The van der Waals surface area contributed by atoms with Gasteiger partial charge in [-0.3, -0.25) is 4.79 Å². The number of hydrogen-bond acceptors (Lipinski definition) is 1. The third kappa shape index (κ3) is 2.71. The van der Waals surface area contributed by atoms with Gasteiger partial charge in [0.15, 0.2) is 5.78 Å². The number of alkyl halides is 3. The molecule has 21 heavy (non-hydrogen) atoms. The van der Waals surface area contributed by atoms with Crippen molar-refractivity contribution in [2.45, 2.75) is 19.0 Å². The third-order valence-electron chi connectivity index (χ3n) is 3.86. The molecule has 4 heteroatoms. The number of halogens is 3. The Kier molecular flexibility index (Phi) is 3.32. The molecule has 3 rings (SSSR count). The fourth-order valence-electron chi connectivity index (χ4n) is 2.84. The molecule has 0 N–H and O–H groups in total. The molecule has 2 aromatic carbocycles. The second kappa shape index (κ2) is 5.02. The second-order valence-electron chi connectivity index (χ2n) is 5.32. The van der Waals surface area contributed by atoms with E-state index in [2.05, 4.69) is 0 Å². The van der Waals surface area contributed by atoms with Crippen molar-refractivity contribution >= 4 is 5.78 Å². The molecule has 0 saturated carbocycles. The molecule has 0 amide bonds. The molecule has 108 valence electrons. The Bertz CT molecular complexity index is 688. The van der Waals surface area contributed by atoms with Crippen LogP contribution in [0.5, 0.6) is 0 Å². The van der Waals surface area contributed by atoms with E-state index in [4.69, 9.17) is 0 Å². The molecule has 0 fully saturated rings. The van der Waals surface area contributed by atoms with E-state index in [1.165, 1.54) is 6.07 Å². The largest absolute Gasteiger partial charge is 0.416 e. The van der Waals surface area contributed by atoms with E-state index in [1.807, 2.05) is 18.2 Å². The average molecular weight is 290 g/mol. The molecule has 0 aliphatic heterocycles. The minimum Gasteiger partial charge on any atom is -0.294 e. The van der Waals surface area contributed by atoms with Crippen molar-refractivity contribution in [2.24, 2.45) is 5.92 Å². The van der Waals surface area contributed by atoms with Crippen LogP contribution in [0.2, 0.25) is 0 Å². The maximum atomic E-state index is 12.7. The highest BCUT2D eigenvalue weighted by Crippen LogP contribution is 2.32. The SMILES string of the molecule is O=C1c2ccccc2CC1Cc1cccc(C(F)(F)F)c1. The highest BCUT2D eigenvalue weighted by Gasteiger charge is 2.32. The molecule has 0 bridgehead atoms. The van der Waals surface area contributed by atoms with Gasteiger partial charge in [-0.25, -0.2) is 0 Å². The van der Waals surface area contributed by atoms with Crippen LogP contribution in [0.3, 0.4) is 0 Å². The topological polar surface area (TPSA) is 17.1 Å². The first kappa shape index (κ1) is 13.9. The molecular weight excluding hydrogens is 277 g/mol. The number of benzene rings is 2. The quantitative estimate of drug-likeness (QED) is 0.805. The standard InChI is InChI=1S/C17H13F3O/c18-17(19,20)14-6-3-4-11(9-14)8-13-10-12-5-1-2-7-15(12)16(13)21/h1-7,9,13H,8,10H2. The summed E-state index contributed by atoms with van der Waals surface area (Å²) in [5.41, 5.74) is 1.58. The van der Waals surface area contributed by atoms with E-state index in [9.17, 15) is 18.0 Å². The summed E-state index contributed by atoms with van der Waals surface area (Å²) in [6, 6.07) is 12.6. The van der Waals surface area contributed by atoms with E-state index in [-0.39, 0.29) is 11.7 Å². The van der Waals surface area contributed by atoms with Gasteiger partial charge in [-0.1, -0.05) is 42.5 Å². The maximum absolute atomic E-state index is 12.7. The van der Waals surface area contributed by atoms with Gasteiger partial charge in [0.05, 0.1) is 5.56 Å². The van der Waals surface area contributed by atoms with Crippen molar-refractivity contribution in [2.75, 3.05) is 0 Å². The Balaban J connectivity index is 1.82. The van der Waals surface area contributed by atoms with Crippen molar-refractivity contribution in [3.8, 4) is 0 Å². The van der Waals surface area contributed by atoms with Crippen LogP contribution < -0.4 is 0 Å². The molecule has 2 aromatic rings. The highest BCUT2D eigenvalue weighted by atomic mass is 19.4. The van der Waals surface area contributed by atoms with Gasteiger partial charge in [0.25, 0.3) is 0 Å². The Morgan fingerprint density at radius 3 is 2.52 bits per heavy atom. The van der Waals surface area contributed by atoms with Crippen LogP contribution in [0.1, 0.15) is 27.0 Å². The Morgan fingerprint density at radius 2 is 1.81 bits per heavy atom. The van der Waals surface area contributed by atoms with Crippen LogP contribution in [-0.4, -0.2) is 5.78 Å². The number of Topliss-reactive ketones (excluding diaryl/α,β-unsaturated/α-hetero) is 1. The lowest BCUT2D eigenvalue weighted by atomic mass is 9.95. The van der Waals surface area contributed by atoms with Gasteiger partial charge in [-0.2, -0.15) is 13.2 Å². The molecule has 1 aliphatic carbocycles. The molecule has 1 unspecified atom stereocenters. The lowest BCUT2D eigenvalue weighted by Gasteiger charge is -2.11. The molecule has 1 aliphatic rings. The number of rotatable bonds is 2. The summed E-state index contributed by atoms with van der Waals surface area (Å²) in [6.45, 7) is 0. The van der Waals surface area contributed by atoms with Gasteiger partial charge in [0.1, 0.15) is 0 Å². The summed E-state index contributed by atoms with van der Waals surface area (Å²) in [5, 5.41) is 0. The van der Waals surface area contributed by atoms with Crippen LogP contribution in [0.4, 0.5) is 13.2 Å². The molecule has 0 radical (unpaired) electrons. The predicted molar refractivity (Wildman–Crippen MR) is 73.1 cm³/mol. The van der Waals surface area contributed by atoms with Gasteiger partial charge >= 0.3 is 6.18 Å². The van der Waals surface area contributed by atoms with Crippen molar-refractivity contribution < 1.29 is 18.0 Å². The number of hydrogen-bond donors (Lipinski definition) is 0. The minimum absolute atomic E-state index is 0.0306. The molecule has 0 saturated heterocycles. The molecule has 0 heterocycles. The third-order valence-corrected chi connectivity index (χ3v) is 3.86. The van der Waals surface area contributed by atoms with Crippen LogP contribution >= 0.6 is 0 Å². The predicted octanol–water partition coefficient (Wildman–Crippen LogP) is 4.30. The lowest BCUT2D eigenvalue weighted by molar-refractivity contribution is -0.137.